The Morgan fingerprint density at radius 2 is 1.94 bits per heavy atom. The zero-order valence-electron chi connectivity index (χ0n) is 9.09. The van der Waals surface area contributed by atoms with E-state index in [1.54, 1.807) is 12.4 Å². The number of para-hydroxylation sites is 1. The smallest absolute Gasteiger partial charge is 0.0663 e. The van der Waals surface area contributed by atoms with Gasteiger partial charge in [-0.3, -0.25) is 10.4 Å². The molecule has 0 saturated heterocycles. The molecule has 0 spiro atoms. The van der Waals surface area contributed by atoms with Crippen molar-refractivity contribution in [2.75, 3.05) is 5.43 Å². The van der Waals surface area contributed by atoms with Crippen LogP contribution in [0.4, 0.5) is 5.69 Å². The Hall–Kier alpha value is -2.16. The highest BCUT2D eigenvalue weighted by atomic mass is 15.3. The van der Waals surface area contributed by atoms with E-state index in [1.807, 2.05) is 49.4 Å². The van der Waals surface area contributed by atoms with E-state index in [-0.39, 0.29) is 0 Å². The maximum absolute atomic E-state index is 4.29. The van der Waals surface area contributed by atoms with Gasteiger partial charge in [0, 0.05) is 18.0 Å². The summed E-state index contributed by atoms with van der Waals surface area (Å²) in [5.41, 5.74) is 5.91. The number of benzene rings is 1. The van der Waals surface area contributed by atoms with Crippen LogP contribution in [0.3, 0.4) is 0 Å². The Morgan fingerprint density at radius 1 is 1.12 bits per heavy atom. The first kappa shape index (κ1) is 10.4. The predicted octanol–water partition coefficient (Wildman–Crippen LogP) is 2.92. The average Bonchev–Trinajstić information content (AvgIpc) is 2.38. The number of nitrogens with zero attached hydrogens (tertiary/aromatic N) is 2. The van der Waals surface area contributed by atoms with Crippen LogP contribution >= 0.6 is 0 Å². The van der Waals surface area contributed by atoms with Gasteiger partial charge in [0.05, 0.1) is 11.4 Å². The summed E-state index contributed by atoms with van der Waals surface area (Å²) >= 11 is 0. The molecule has 0 atom stereocenters. The molecular weight excluding hydrogens is 198 g/mol. The minimum absolute atomic E-state index is 0.914. The lowest BCUT2D eigenvalue weighted by molar-refractivity contribution is 1.28. The van der Waals surface area contributed by atoms with Crippen molar-refractivity contribution in [2.24, 2.45) is 5.10 Å². The molecule has 0 unspecified atom stereocenters. The van der Waals surface area contributed by atoms with Gasteiger partial charge in [-0.15, -0.1) is 0 Å². The van der Waals surface area contributed by atoms with Crippen LogP contribution in [0.15, 0.2) is 60.0 Å². The SMILES string of the molecule is C/C(=N/Nc1ccccc1)c1cccnc1. The third-order valence-electron chi connectivity index (χ3n) is 2.21. The molecular formula is C13H13N3. The molecule has 2 aromatic rings. The summed E-state index contributed by atoms with van der Waals surface area (Å²) in [4.78, 5) is 4.05. The molecule has 0 aliphatic heterocycles. The average molecular weight is 211 g/mol. The number of anilines is 1. The number of hydrogen-bond acceptors (Lipinski definition) is 3. The highest BCUT2D eigenvalue weighted by Crippen LogP contribution is 2.06. The van der Waals surface area contributed by atoms with Crippen molar-refractivity contribution in [3.05, 3.63) is 60.4 Å². The standard InChI is InChI=1S/C13H13N3/c1-11(12-6-5-9-14-10-12)15-16-13-7-3-2-4-8-13/h2-10,16H,1H3/b15-11-. The number of pyridine rings is 1. The summed E-state index contributed by atoms with van der Waals surface area (Å²) in [5.74, 6) is 0. The van der Waals surface area contributed by atoms with Gasteiger partial charge in [0.15, 0.2) is 0 Å². The molecule has 0 radical (unpaired) electrons. The van der Waals surface area contributed by atoms with E-state index >= 15 is 0 Å². The molecule has 1 aromatic carbocycles. The lowest BCUT2D eigenvalue weighted by Gasteiger charge is -2.02. The van der Waals surface area contributed by atoms with Crippen LogP contribution in [0.5, 0.6) is 0 Å². The summed E-state index contributed by atoms with van der Waals surface area (Å²) < 4.78 is 0. The molecule has 0 saturated carbocycles. The molecule has 0 bridgehead atoms. The number of rotatable bonds is 3. The van der Waals surface area contributed by atoms with Crippen molar-refractivity contribution in [1.82, 2.24) is 4.98 Å². The van der Waals surface area contributed by atoms with Crippen molar-refractivity contribution >= 4 is 11.4 Å². The molecule has 0 amide bonds. The van der Waals surface area contributed by atoms with Gasteiger partial charge in [0.25, 0.3) is 0 Å². The first-order valence-electron chi connectivity index (χ1n) is 5.12. The van der Waals surface area contributed by atoms with Gasteiger partial charge in [-0.1, -0.05) is 24.3 Å². The summed E-state index contributed by atoms with van der Waals surface area (Å²) in [6, 6.07) is 13.7. The second kappa shape index (κ2) is 5.07. The number of hydrogen-bond donors (Lipinski definition) is 1. The number of aromatic nitrogens is 1. The van der Waals surface area contributed by atoms with Gasteiger partial charge in [-0.2, -0.15) is 5.10 Å². The van der Waals surface area contributed by atoms with Crippen LogP contribution < -0.4 is 5.43 Å². The lowest BCUT2D eigenvalue weighted by atomic mass is 10.2. The van der Waals surface area contributed by atoms with E-state index in [1.165, 1.54) is 0 Å². The fraction of sp³-hybridized carbons (Fsp3) is 0.0769. The zero-order chi connectivity index (χ0) is 11.2. The Morgan fingerprint density at radius 3 is 2.62 bits per heavy atom. The maximum atomic E-state index is 4.29. The lowest BCUT2D eigenvalue weighted by Crippen LogP contribution is -1.99. The topological polar surface area (TPSA) is 37.3 Å². The fourth-order valence-corrected chi connectivity index (χ4v) is 1.30. The second-order valence-corrected chi connectivity index (χ2v) is 3.42. The highest BCUT2D eigenvalue weighted by Gasteiger charge is 1.95. The quantitative estimate of drug-likeness (QED) is 0.626. The van der Waals surface area contributed by atoms with Crippen molar-refractivity contribution in [2.45, 2.75) is 6.92 Å². The van der Waals surface area contributed by atoms with Gasteiger partial charge < -0.3 is 0 Å². The van der Waals surface area contributed by atoms with Gasteiger partial charge in [0.2, 0.25) is 0 Å². The fourth-order valence-electron chi connectivity index (χ4n) is 1.30. The van der Waals surface area contributed by atoms with Crippen LogP contribution in [-0.2, 0) is 0 Å². The molecule has 1 heterocycles. The minimum Gasteiger partial charge on any atom is -0.278 e. The first-order chi connectivity index (χ1) is 7.86. The Balaban J connectivity index is 2.09. The summed E-state index contributed by atoms with van der Waals surface area (Å²) in [7, 11) is 0. The largest absolute Gasteiger partial charge is 0.278 e. The Bertz CT molecular complexity index is 463. The third-order valence-corrected chi connectivity index (χ3v) is 2.21. The molecule has 0 aliphatic carbocycles. The van der Waals surface area contributed by atoms with E-state index in [0.29, 0.717) is 0 Å². The van der Waals surface area contributed by atoms with E-state index in [4.69, 9.17) is 0 Å². The highest BCUT2D eigenvalue weighted by molar-refractivity contribution is 5.98. The molecule has 0 aliphatic rings. The van der Waals surface area contributed by atoms with Crippen molar-refractivity contribution < 1.29 is 0 Å². The van der Waals surface area contributed by atoms with Crippen molar-refractivity contribution in [1.29, 1.82) is 0 Å². The molecule has 3 heteroatoms. The first-order valence-corrected chi connectivity index (χ1v) is 5.12. The second-order valence-electron chi connectivity index (χ2n) is 3.42. The summed E-state index contributed by atoms with van der Waals surface area (Å²) in [6.07, 6.45) is 3.55. The minimum atomic E-state index is 0.914. The van der Waals surface area contributed by atoms with Gasteiger partial charge in [0.1, 0.15) is 0 Å². The van der Waals surface area contributed by atoms with Crippen LogP contribution in [-0.4, -0.2) is 10.7 Å². The zero-order valence-corrected chi connectivity index (χ0v) is 9.09. The molecule has 1 aromatic heterocycles. The molecule has 80 valence electrons. The molecule has 2 rings (SSSR count). The van der Waals surface area contributed by atoms with Crippen LogP contribution in [0.2, 0.25) is 0 Å². The van der Waals surface area contributed by atoms with E-state index < -0.39 is 0 Å². The van der Waals surface area contributed by atoms with E-state index in [9.17, 15) is 0 Å². The molecule has 1 N–H and O–H groups in total. The van der Waals surface area contributed by atoms with Gasteiger partial charge >= 0.3 is 0 Å². The maximum Gasteiger partial charge on any atom is 0.0663 e. The van der Waals surface area contributed by atoms with Gasteiger partial charge in [-0.05, 0) is 25.1 Å². The van der Waals surface area contributed by atoms with Crippen molar-refractivity contribution in [3.63, 3.8) is 0 Å². The van der Waals surface area contributed by atoms with Gasteiger partial charge in [-0.25, -0.2) is 0 Å². The van der Waals surface area contributed by atoms with Crippen LogP contribution in [0, 0.1) is 0 Å². The summed E-state index contributed by atoms with van der Waals surface area (Å²) in [5, 5.41) is 4.29. The van der Waals surface area contributed by atoms with E-state index in [2.05, 4.69) is 15.5 Å². The Labute approximate surface area is 94.9 Å². The molecule has 16 heavy (non-hydrogen) atoms. The molecule has 0 fully saturated rings. The summed E-state index contributed by atoms with van der Waals surface area (Å²) in [6.45, 7) is 1.95. The van der Waals surface area contributed by atoms with Crippen LogP contribution in [0.25, 0.3) is 0 Å². The van der Waals surface area contributed by atoms with Crippen LogP contribution in [0.1, 0.15) is 12.5 Å². The van der Waals surface area contributed by atoms with E-state index in [0.717, 1.165) is 17.0 Å². The molecule has 3 nitrogen and oxygen atoms in total. The number of hydrazone groups is 1. The number of nitrogens with one attached hydrogen (secondary N) is 1. The normalized spacial score (nSPS) is 11.2. The Kier molecular flexibility index (Phi) is 3.28. The third kappa shape index (κ3) is 2.67. The monoisotopic (exact) mass is 211 g/mol. The van der Waals surface area contributed by atoms with Crippen molar-refractivity contribution in [3.8, 4) is 0 Å². The predicted molar refractivity (Wildman–Crippen MR) is 66.5 cm³/mol.